The molecule has 1 aromatic carbocycles. The minimum atomic E-state index is -1.39. The molecule has 0 aromatic heterocycles. The first-order valence-electron chi connectivity index (χ1n) is 5.78. The Morgan fingerprint density at radius 1 is 1.30 bits per heavy atom. The number of rotatable bonds is 3. The molecule has 8 heteroatoms. The Hall–Kier alpha value is -1.50. The second-order valence-corrected chi connectivity index (χ2v) is 5.21. The van der Waals surface area contributed by atoms with E-state index in [1.54, 1.807) is 6.07 Å². The van der Waals surface area contributed by atoms with Crippen molar-refractivity contribution in [3.8, 4) is 0 Å². The van der Waals surface area contributed by atoms with Crippen LogP contribution in [-0.2, 0) is 9.53 Å². The standard InChI is InChI=1S/C12H12Cl2N2O4/c13-8-2-1-7(5-9(8)14)15-11(19)16-12(10(17)18)3-4-20-6-12/h1-2,5H,3-4,6H2,(H,17,18)(H2,15,16,19). The molecule has 1 fully saturated rings. The maximum atomic E-state index is 11.9. The fourth-order valence-electron chi connectivity index (χ4n) is 1.84. The second kappa shape index (κ2) is 5.87. The summed E-state index contributed by atoms with van der Waals surface area (Å²) in [7, 11) is 0. The Bertz CT molecular complexity index is 544. The first kappa shape index (κ1) is 14.9. The zero-order valence-corrected chi connectivity index (χ0v) is 11.8. The number of hydrogen-bond donors (Lipinski definition) is 3. The Morgan fingerprint density at radius 2 is 2.05 bits per heavy atom. The number of carboxylic acids is 1. The van der Waals surface area contributed by atoms with Gasteiger partial charge in [-0.1, -0.05) is 23.2 Å². The molecule has 1 aliphatic heterocycles. The van der Waals surface area contributed by atoms with Gasteiger partial charge in [0.25, 0.3) is 0 Å². The molecule has 108 valence electrons. The van der Waals surface area contributed by atoms with Crippen LogP contribution < -0.4 is 10.6 Å². The molecule has 0 aliphatic carbocycles. The molecule has 1 aromatic rings. The van der Waals surface area contributed by atoms with Crippen LogP contribution in [0.4, 0.5) is 10.5 Å². The van der Waals surface area contributed by atoms with E-state index in [4.69, 9.17) is 27.9 Å². The number of carbonyl (C=O) groups excluding carboxylic acids is 1. The lowest BCUT2D eigenvalue weighted by atomic mass is 9.99. The fourth-order valence-corrected chi connectivity index (χ4v) is 2.14. The molecule has 1 saturated heterocycles. The molecule has 20 heavy (non-hydrogen) atoms. The van der Waals surface area contributed by atoms with Crippen LogP contribution in [0.2, 0.25) is 10.0 Å². The van der Waals surface area contributed by atoms with Crippen molar-refractivity contribution in [3.63, 3.8) is 0 Å². The highest BCUT2D eigenvalue weighted by atomic mass is 35.5. The summed E-state index contributed by atoms with van der Waals surface area (Å²) in [4.78, 5) is 23.1. The van der Waals surface area contributed by atoms with Crippen molar-refractivity contribution in [3.05, 3.63) is 28.2 Å². The van der Waals surface area contributed by atoms with Gasteiger partial charge in [0.2, 0.25) is 0 Å². The lowest BCUT2D eigenvalue weighted by molar-refractivity contribution is -0.144. The molecule has 1 unspecified atom stereocenters. The molecule has 2 amide bonds. The normalized spacial score (nSPS) is 21.5. The number of carboxylic acid groups (broad SMARTS) is 1. The van der Waals surface area contributed by atoms with E-state index in [-0.39, 0.29) is 13.0 Å². The summed E-state index contributed by atoms with van der Waals surface area (Å²) in [6.07, 6.45) is 0.219. The first-order chi connectivity index (χ1) is 9.43. The summed E-state index contributed by atoms with van der Waals surface area (Å²) >= 11 is 11.6. The van der Waals surface area contributed by atoms with Gasteiger partial charge in [-0.25, -0.2) is 9.59 Å². The molecule has 3 N–H and O–H groups in total. The molecule has 0 saturated carbocycles. The van der Waals surface area contributed by atoms with Crippen LogP contribution in [0.15, 0.2) is 18.2 Å². The highest BCUT2D eigenvalue weighted by molar-refractivity contribution is 6.42. The molecule has 1 aliphatic rings. The Labute approximate surface area is 125 Å². The topological polar surface area (TPSA) is 87.7 Å². The van der Waals surface area contributed by atoms with Gasteiger partial charge in [0.15, 0.2) is 5.54 Å². The van der Waals surface area contributed by atoms with Crippen molar-refractivity contribution in [2.24, 2.45) is 0 Å². The second-order valence-electron chi connectivity index (χ2n) is 4.40. The maximum Gasteiger partial charge on any atom is 0.332 e. The largest absolute Gasteiger partial charge is 0.479 e. The zero-order valence-electron chi connectivity index (χ0n) is 10.3. The molecule has 1 atom stereocenters. The summed E-state index contributed by atoms with van der Waals surface area (Å²) in [5, 5.41) is 14.8. The lowest BCUT2D eigenvalue weighted by Crippen LogP contribution is -2.56. The van der Waals surface area contributed by atoms with E-state index in [2.05, 4.69) is 10.6 Å². The van der Waals surface area contributed by atoms with Gasteiger partial charge in [-0.15, -0.1) is 0 Å². The van der Waals surface area contributed by atoms with Gasteiger partial charge in [0, 0.05) is 18.7 Å². The molecule has 0 spiro atoms. The minimum Gasteiger partial charge on any atom is -0.479 e. The zero-order chi connectivity index (χ0) is 14.8. The number of amides is 2. The predicted molar refractivity (Wildman–Crippen MR) is 74.4 cm³/mol. The van der Waals surface area contributed by atoms with Gasteiger partial charge in [-0.05, 0) is 18.2 Å². The molecule has 0 radical (unpaired) electrons. The van der Waals surface area contributed by atoms with Crippen LogP contribution in [0.25, 0.3) is 0 Å². The highest BCUT2D eigenvalue weighted by Gasteiger charge is 2.44. The minimum absolute atomic E-state index is 0.0584. The van der Waals surface area contributed by atoms with Crippen molar-refractivity contribution >= 4 is 40.9 Å². The van der Waals surface area contributed by atoms with Crippen LogP contribution in [0.1, 0.15) is 6.42 Å². The van der Waals surface area contributed by atoms with E-state index in [1.165, 1.54) is 12.1 Å². The number of urea groups is 1. The van der Waals surface area contributed by atoms with E-state index in [1.807, 2.05) is 0 Å². The van der Waals surface area contributed by atoms with E-state index in [0.29, 0.717) is 22.3 Å². The summed E-state index contributed by atoms with van der Waals surface area (Å²) < 4.78 is 5.05. The smallest absolute Gasteiger partial charge is 0.332 e. The molecular weight excluding hydrogens is 307 g/mol. The number of hydrogen-bond acceptors (Lipinski definition) is 3. The average molecular weight is 319 g/mol. The number of carbonyl (C=O) groups is 2. The number of nitrogens with one attached hydrogen (secondary N) is 2. The molecule has 2 rings (SSSR count). The average Bonchev–Trinajstić information content (AvgIpc) is 2.83. The molecular formula is C12H12Cl2N2O4. The maximum absolute atomic E-state index is 11.9. The third kappa shape index (κ3) is 3.15. The Balaban J connectivity index is 2.04. The first-order valence-corrected chi connectivity index (χ1v) is 6.54. The van der Waals surface area contributed by atoms with Crippen LogP contribution in [0.5, 0.6) is 0 Å². The van der Waals surface area contributed by atoms with E-state index < -0.39 is 17.5 Å². The van der Waals surface area contributed by atoms with Crippen LogP contribution in [-0.4, -0.2) is 35.9 Å². The third-order valence-corrected chi connectivity index (χ3v) is 3.70. The van der Waals surface area contributed by atoms with E-state index in [0.717, 1.165) is 0 Å². The molecule has 6 nitrogen and oxygen atoms in total. The van der Waals surface area contributed by atoms with Crippen LogP contribution in [0, 0.1) is 0 Å². The lowest BCUT2D eigenvalue weighted by Gasteiger charge is -2.23. The quantitative estimate of drug-likeness (QED) is 0.798. The number of aliphatic carboxylic acids is 1. The van der Waals surface area contributed by atoms with Gasteiger partial charge < -0.3 is 20.5 Å². The summed E-state index contributed by atoms with van der Waals surface area (Å²) in [5.41, 5.74) is -0.975. The summed E-state index contributed by atoms with van der Waals surface area (Å²) in [6, 6.07) is 3.93. The predicted octanol–water partition coefficient (Wildman–Crippen LogP) is 2.36. The molecule has 1 heterocycles. The van der Waals surface area contributed by atoms with Gasteiger partial charge in [0.1, 0.15) is 0 Å². The third-order valence-electron chi connectivity index (χ3n) is 2.96. The van der Waals surface area contributed by atoms with Crippen molar-refractivity contribution in [2.75, 3.05) is 18.5 Å². The van der Waals surface area contributed by atoms with Crippen LogP contribution >= 0.6 is 23.2 Å². The van der Waals surface area contributed by atoms with Gasteiger partial charge in [0.05, 0.1) is 16.7 Å². The monoisotopic (exact) mass is 318 g/mol. The number of halogens is 2. The number of anilines is 1. The van der Waals surface area contributed by atoms with Crippen molar-refractivity contribution < 1.29 is 19.4 Å². The van der Waals surface area contributed by atoms with E-state index in [9.17, 15) is 14.7 Å². The van der Waals surface area contributed by atoms with Crippen LogP contribution in [0.3, 0.4) is 0 Å². The van der Waals surface area contributed by atoms with Gasteiger partial charge in [-0.2, -0.15) is 0 Å². The van der Waals surface area contributed by atoms with Crippen molar-refractivity contribution in [1.82, 2.24) is 5.32 Å². The summed E-state index contributed by atoms with van der Waals surface area (Å²) in [6.45, 7) is 0.233. The van der Waals surface area contributed by atoms with Gasteiger partial charge in [-0.3, -0.25) is 0 Å². The van der Waals surface area contributed by atoms with Crippen molar-refractivity contribution in [2.45, 2.75) is 12.0 Å². The van der Waals surface area contributed by atoms with Gasteiger partial charge >= 0.3 is 12.0 Å². The SMILES string of the molecule is O=C(Nc1ccc(Cl)c(Cl)c1)NC1(C(=O)O)CCOC1. The van der Waals surface area contributed by atoms with E-state index >= 15 is 0 Å². The number of ether oxygens (including phenoxy) is 1. The molecule has 0 bridgehead atoms. The fraction of sp³-hybridized carbons (Fsp3) is 0.333. The Morgan fingerprint density at radius 3 is 2.60 bits per heavy atom. The Kier molecular flexibility index (Phi) is 4.37. The number of benzene rings is 1. The highest BCUT2D eigenvalue weighted by Crippen LogP contribution is 2.25. The summed E-state index contributed by atoms with van der Waals surface area (Å²) in [5.74, 6) is -1.13. The van der Waals surface area contributed by atoms with Crippen molar-refractivity contribution in [1.29, 1.82) is 0 Å².